The van der Waals surface area contributed by atoms with Crippen molar-refractivity contribution in [2.45, 2.75) is 20.8 Å². The number of hydrogen-bond acceptors (Lipinski definition) is 2. The summed E-state index contributed by atoms with van der Waals surface area (Å²) < 4.78 is 0. The van der Waals surface area contributed by atoms with Crippen LogP contribution in [0.5, 0.6) is 0 Å². The molecule has 4 nitrogen and oxygen atoms in total. The summed E-state index contributed by atoms with van der Waals surface area (Å²) in [6, 6.07) is 12.7. The highest BCUT2D eigenvalue weighted by molar-refractivity contribution is 6.06. The predicted octanol–water partition coefficient (Wildman–Crippen LogP) is 3.51. The Morgan fingerprint density at radius 2 is 1.52 bits per heavy atom. The number of amides is 2. The lowest BCUT2D eigenvalue weighted by atomic mass is 10.1. The van der Waals surface area contributed by atoms with Gasteiger partial charge in [0, 0.05) is 23.9 Å². The Bertz CT molecular complexity index is 673. The fraction of sp³-hybridized carbons (Fsp3) is 0.176. The summed E-state index contributed by atoms with van der Waals surface area (Å²) in [5, 5.41) is 5.59. The van der Waals surface area contributed by atoms with Crippen molar-refractivity contribution < 1.29 is 9.59 Å². The Balaban J connectivity index is 2.23. The third kappa shape index (κ3) is 3.69. The molecule has 108 valence electrons. The molecule has 0 spiro atoms. The van der Waals surface area contributed by atoms with Crippen molar-refractivity contribution in [2.24, 2.45) is 0 Å². The molecule has 0 aliphatic heterocycles. The highest BCUT2D eigenvalue weighted by Gasteiger charge is 2.10. The van der Waals surface area contributed by atoms with Crippen LogP contribution < -0.4 is 10.6 Å². The van der Waals surface area contributed by atoms with E-state index in [-0.39, 0.29) is 11.8 Å². The average Bonchev–Trinajstić information content (AvgIpc) is 2.42. The van der Waals surface area contributed by atoms with Crippen LogP contribution in [0.15, 0.2) is 42.5 Å². The third-order valence-electron chi connectivity index (χ3n) is 3.16. The number of aryl methyl sites for hydroxylation is 2. The van der Waals surface area contributed by atoms with Crippen LogP contribution in [-0.4, -0.2) is 11.8 Å². The Kier molecular flexibility index (Phi) is 4.38. The summed E-state index contributed by atoms with van der Waals surface area (Å²) in [7, 11) is 0. The van der Waals surface area contributed by atoms with Crippen LogP contribution in [0.2, 0.25) is 0 Å². The minimum Gasteiger partial charge on any atom is -0.326 e. The van der Waals surface area contributed by atoms with E-state index in [4.69, 9.17) is 0 Å². The SMILES string of the molecule is CC(=O)Nc1cccc(C(=O)Nc2c(C)cccc2C)c1. The van der Waals surface area contributed by atoms with Gasteiger partial charge >= 0.3 is 0 Å². The second-order valence-electron chi connectivity index (χ2n) is 4.98. The van der Waals surface area contributed by atoms with E-state index in [1.54, 1.807) is 24.3 Å². The smallest absolute Gasteiger partial charge is 0.255 e. The van der Waals surface area contributed by atoms with Gasteiger partial charge in [-0.05, 0) is 43.2 Å². The van der Waals surface area contributed by atoms with E-state index in [2.05, 4.69) is 10.6 Å². The van der Waals surface area contributed by atoms with Gasteiger partial charge in [0.25, 0.3) is 5.91 Å². The van der Waals surface area contributed by atoms with Gasteiger partial charge in [0.05, 0.1) is 0 Å². The molecule has 0 atom stereocenters. The van der Waals surface area contributed by atoms with Crippen molar-refractivity contribution in [1.29, 1.82) is 0 Å². The molecule has 0 saturated carbocycles. The van der Waals surface area contributed by atoms with Crippen LogP contribution in [0.25, 0.3) is 0 Å². The predicted molar refractivity (Wildman–Crippen MR) is 84.6 cm³/mol. The number of carbonyl (C=O) groups excluding carboxylic acids is 2. The van der Waals surface area contributed by atoms with Crippen LogP contribution >= 0.6 is 0 Å². The largest absolute Gasteiger partial charge is 0.326 e. The highest BCUT2D eigenvalue weighted by atomic mass is 16.2. The first-order valence-electron chi connectivity index (χ1n) is 6.72. The lowest BCUT2D eigenvalue weighted by Gasteiger charge is -2.12. The Morgan fingerprint density at radius 3 is 2.14 bits per heavy atom. The first-order valence-corrected chi connectivity index (χ1v) is 6.72. The second kappa shape index (κ2) is 6.22. The zero-order valence-electron chi connectivity index (χ0n) is 12.4. The molecule has 2 amide bonds. The molecule has 0 unspecified atom stereocenters. The fourth-order valence-electron chi connectivity index (χ4n) is 2.14. The van der Waals surface area contributed by atoms with Crippen LogP contribution in [-0.2, 0) is 4.79 Å². The Hall–Kier alpha value is -2.62. The summed E-state index contributed by atoms with van der Waals surface area (Å²) in [6.45, 7) is 5.34. The summed E-state index contributed by atoms with van der Waals surface area (Å²) >= 11 is 0. The molecule has 2 aromatic carbocycles. The van der Waals surface area contributed by atoms with Crippen LogP contribution in [0.1, 0.15) is 28.4 Å². The minimum atomic E-state index is -0.195. The number of benzene rings is 2. The maximum absolute atomic E-state index is 12.3. The van der Waals surface area contributed by atoms with Crippen molar-refractivity contribution >= 4 is 23.2 Å². The Morgan fingerprint density at radius 1 is 0.905 bits per heavy atom. The number of hydrogen-bond donors (Lipinski definition) is 2. The monoisotopic (exact) mass is 282 g/mol. The number of anilines is 2. The summed E-state index contributed by atoms with van der Waals surface area (Å²) in [5.74, 6) is -0.359. The lowest BCUT2D eigenvalue weighted by molar-refractivity contribution is -0.114. The van der Waals surface area contributed by atoms with E-state index in [0.29, 0.717) is 11.3 Å². The third-order valence-corrected chi connectivity index (χ3v) is 3.16. The molecule has 21 heavy (non-hydrogen) atoms. The van der Waals surface area contributed by atoms with E-state index >= 15 is 0 Å². The zero-order valence-corrected chi connectivity index (χ0v) is 12.4. The molecule has 0 bridgehead atoms. The van der Waals surface area contributed by atoms with Crippen LogP contribution in [0.4, 0.5) is 11.4 Å². The minimum absolute atomic E-state index is 0.165. The van der Waals surface area contributed by atoms with Crippen molar-refractivity contribution in [3.05, 3.63) is 59.2 Å². The molecule has 0 saturated heterocycles. The van der Waals surface area contributed by atoms with Gasteiger partial charge in [-0.25, -0.2) is 0 Å². The first-order chi connectivity index (χ1) is 9.97. The molecule has 0 aliphatic rings. The van der Waals surface area contributed by atoms with Gasteiger partial charge in [0.1, 0.15) is 0 Å². The van der Waals surface area contributed by atoms with Gasteiger partial charge < -0.3 is 10.6 Å². The summed E-state index contributed by atoms with van der Waals surface area (Å²) in [5.41, 5.74) is 3.97. The standard InChI is InChI=1S/C17H18N2O2/c1-11-6-4-7-12(2)16(11)19-17(21)14-8-5-9-15(10-14)18-13(3)20/h4-10H,1-3H3,(H,18,20)(H,19,21). The molecule has 0 radical (unpaired) electrons. The highest BCUT2D eigenvalue weighted by Crippen LogP contribution is 2.21. The van der Waals surface area contributed by atoms with Gasteiger partial charge in [0.15, 0.2) is 0 Å². The van der Waals surface area contributed by atoms with E-state index in [9.17, 15) is 9.59 Å². The molecule has 0 heterocycles. The molecule has 2 rings (SSSR count). The number of para-hydroxylation sites is 1. The molecule has 0 fully saturated rings. The maximum Gasteiger partial charge on any atom is 0.255 e. The quantitative estimate of drug-likeness (QED) is 0.905. The average molecular weight is 282 g/mol. The van der Waals surface area contributed by atoms with Crippen molar-refractivity contribution in [1.82, 2.24) is 0 Å². The van der Waals surface area contributed by atoms with E-state index in [0.717, 1.165) is 16.8 Å². The van der Waals surface area contributed by atoms with Crippen molar-refractivity contribution in [3.63, 3.8) is 0 Å². The lowest BCUT2D eigenvalue weighted by Crippen LogP contribution is -2.14. The maximum atomic E-state index is 12.3. The molecule has 4 heteroatoms. The topological polar surface area (TPSA) is 58.2 Å². The summed E-state index contributed by atoms with van der Waals surface area (Å²) in [4.78, 5) is 23.4. The molecule has 0 aromatic heterocycles. The van der Waals surface area contributed by atoms with E-state index in [1.165, 1.54) is 6.92 Å². The fourth-order valence-corrected chi connectivity index (χ4v) is 2.14. The van der Waals surface area contributed by atoms with E-state index < -0.39 is 0 Å². The molecular formula is C17H18N2O2. The normalized spacial score (nSPS) is 10.0. The van der Waals surface area contributed by atoms with Gasteiger partial charge in [-0.3, -0.25) is 9.59 Å². The second-order valence-corrected chi connectivity index (χ2v) is 4.98. The first kappa shape index (κ1) is 14.8. The number of carbonyl (C=O) groups is 2. The molecule has 0 aliphatic carbocycles. The van der Waals surface area contributed by atoms with E-state index in [1.807, 2.05) is 32.0 Å². The van der Waals surface area contributed by atoms with Gasteiger partial charge in [0.2, 0.25) is 5.91 Å². The van der Waals surface area contributed by atoms with Crippen LogP contribution in [0, 0.1) is 13.8 Å². The Labute approximate surface area is 124 Å². The molecule has 2 N–H and O–H groups in total. The number of nitrogens with one attached hydrogen (secondary N) is 2. The zero-order chi connectivity index (χ0) is 15.4. The van der Waals surface area contributed by atoms with Crippen molar-refractivity contribution in [2.75, 3.05) is 10.6 Å². The van der Waals surface area contributed by atoms with Crippen LogP contribution in [0.3, 0.4) is 0 Å². The molecule has 2 aromatic rings. The number of rotatable bonds is 3. The van der Waals surface area contributed by atoms with Crippen molar-refractivity contribution in [3.8, 4) is 0 Å². The van der Waals surface area contributed by atoms with Gasteiger partial charge in [-0.1, -0.05) is 24.3 Å². The molecular weight excluding hydrogens is 264 g/mol. The van der Waals surface area contributed by atoms with Gasteiger partial charge in [-0.2, -0.15) is 0 Å². The van der Waals surface area contributed by atoms with Gasteiger partial charge in [-0.15, -0.1) is 0 Å². The summed E-state index contributed by atoms with van der Waals surface area (Å²) in [6.07, 6.45) is 0.